The molecule has 1 aromatic carbocycles. The lowest BCUT2D eigenvalue weighted by Crippen LogP contribution is -2.38. The highest BCUT2D eigenvalue weighted by molar-refractivity contribution is 8.00. The van der Waals surface area contributed by atoms with Gasteiger partial charge in [-0.1, -0.05) is 25.4 Å². The molecule has 0 bridgehead atoms. The van der Waals surface area contributed by atoms with Crippen molar-refractivity contribution in [2.24, 2.45) is 11.8 Å². The number of benzene rings is 1. The summed E-state index contributed by atoms with van der Waals surface area (Å²) < 4.78 is 0. The van der Waals surface area contributed by atoms with Crippen molar-refractivity contribution in [2.45, 2.75) is 30.9 Å². The molecule has 0 spiro atoms. The minimum Gasteiger partial charge on any atom is -0.481 e. The van der Waals surface area contributed by atoms with Crippen LogP contribution in [0.15, 0.2) is 29.2 Å². The Labute approximate surface area is 134 Å². The molecule has 1 rings (SSSR count). The predicted octanol–water partition coefficient (Wildman–Crippen LogP) is 3.29. The van der Waals surface area contributed by atoms with E-state index in [1.807, 2.05) is 26.0 Å². The highest BCUT2D eigenvalue weighted by Crippen LogP contribution is 2.24. The van der Waals surface area contributed by atoms with Crippen molar-refractivity contribution < 1.29 is 14.7 Å². The van der Waals surface area contributed by atoms with Crippen molar-refractivity contribution in [3.63, 3.8) is 0 Å². The van der Waals surface area contributed by atoms with Crippen molar-refractivity contribution in [2.75, 3.05) is 6.54 Å². The molecule has 0 aliphatic carbocycles. The third kappa shape index (κ3) is 5.98. The fraction of sp³-hybridized carbons (Fsp3) is 0.467. The van der Waals surface area contributed by atoms with Gasteiger partial charge in [0.25, 0.3) is 0 Å². The first-order valence-corrected chi connectivity index (χ1v) is 7.99. The van der Waals surface area contributed by atoms with Crippen LogP contribution in [0, 0.1) is 11.8 Å². The molecule has 21 heavy (non-hydrogen) atoms. The molecular formula is C15H20ClNO3S. The van der Waals surface area contributed by atoms with E-state index in [2.05, 4.69) is 5.32 Å². The highest BCUT2D eigenvalue weighted by atomic mass is 35.5. The molecule has 0 saturated heterocycles. The number of carboxylic acid groups (broad SMARTS) is 1. The maximum atomic E-state index is 12.0. The van der Waals surface area contributed by atoms with Crippen molar-refractivity contribution in [1.82, 2.24) is 5.32 Å². The lowest BCUT2D eigenvalue weighted by atomic mass is 9.96. The van der Waals surface area contributed by atoms with Gasteiger partial charge in [0.2, 0.25) is 5.91 Å². The zero-order chi connectivity index (χ0) is 16.0. The first kappa shape index (κ1) is 17.9. The molecule has 0 aliphatic rings. The van der Waals surface area contributed by atoms with E-state index in [-0.39, 0.29) is 23.6 Å². The number of carbonyl (C=O) groups excluding carboxylic acids is 1. The van der Waals surface area contributed by atoms with Gasteiger partial charge in [-0.15, -0.1) is 11.8 Å². The lowest BCUT2D eigenvalue weighted by Gasteiger charge is -2.18. The van der Waals surface area contributed by atoms with Crippen molar-refractivity contribution >= 4 is 35.2 Å². The van der Waals surface area contributed by atoms with Gasteiger partial charge >= 0.3 is 5.97 Å². The standard InChI is InChI=1S/C15H20ClNO3S/c1-9(2)13(15(19)20)8-17-14(18)10(3)21-12-6-4-11(16)5-7-12/h4-7,9-10,13H,8H2,1-3H3,(H,17,18)(H,19,20). The minimum absolute atomic E-state index is 0.0259. The molecule has 0 radical (unpaired) electrons. The second-order valence-electron chi connectivity index (χ2n) is 5.15. The number of aliphatic carboxylic acids is 1. The number of carboxylic acids is 1. The molecule has 4 nitrogen and oxygen atoms in total. The van der Waals surface area contributed by atoms with Crippen LogP contribution in [0.5, 0.6) is 0 Å². The average molecular weight is 330 g/mol. The Hall–Kier alpha value is -1.20. The van der Waals surface area contributed by atoms with Crippen LogP contribution in [0.2, 0.25) is 5.02 Å². The second-order valence-corrected chi connectivity index (χ2v) is 7.00. The molecule has 1 amide bonds. The van der Waals surface area contributed by atoms with Crippen LogP contribution in [-0.2, 0) is 9.59 Å². The summed E-state index contributed by atoms with van der Waals surface area (Å²) in [6.45, 7) is 5.60. The Bertz CT molecular complexity index is 490. The van der Waals surface area contributed by atoms with Gasteiger partial charge in [0, 0.05) is 16.5 Å². The maximum Gasteiger partial charge on any atom is 0.308 e. The van der Waals surface area contributed by atoms with Gasteiger partial charge in [-0.05, 0) is 37.1 Å². The number of hydrogen-bond acceptors (Lipinski definition) is 3. The van der Waals surface area contributed by atoms with Crippen molar-refractivity contribution in [1.29, 1.82) is 0 Å². The number of thioether (sulfide) groups is 1. The first-order chi connectivity index (χ1) is 9.81. The molecule has 2 unspecified atom stereocenters. The molecule has 2 N–H and O–H groups in total. The summed E-state index contributed by atoms with van der Waals surface area (Å²) in [7, 11) is 0. The normalized spacial score (nSPS) is 13.8. The summed E-state index contributed by atoms with van der Waals surface area (Å²) in [6.07, 6.45) is 0. The smallest absolute Gasteiger partial charge is 0.308 e. The van der Waals surface area contributed by atoms with Crippen LogP contribution in [0.3, 0.4) is 0 Å². The largest absolute Gasteiger partial charge is 0.481 e. The number of halogens is 1. The van der Waals surface area contributed by atoms with Gasteiger partial charge in [-0.25, -0.2) is 0 Å². The molecule has 0 fully saturated rings. The Morgan fingerprint density at radius 1 is 1.24 bits per heavy atom. The summed E-state index contributed by atoms with van der Waals surface area (Å²) in [6, 6.07) is 7.25. The van der Waals surface area contributed by atoms with Gasteiger partial charge in [-0.2, -0.15) is 0 Å². The van der Waals surface area contributed by atoms with E-state index in [1.165, 1.54) is 11.8 Å². The van der Waals surface area contributed by atoms with E-state index >= 15 is 0 Å². The molecular weight excluding hydrogens is 310 g/mol. The number of hydrogen-bond donors (Lipinski definition) is 2. The topological polar surface area (TPSA) is 66.4 Å². The molecule has 0 saturated carbocycles. The SMILES string of the molecule is CC(Sc1ccc(Cl)cc1)C(=O)NCC(C(=O)O)C(C)C. The summed E-state index contributed by atoms with van der Waals surface area (Å²) >= 11 is 7.22. The molecule has 2 atom stereocenters. The lowest BCUT2D eigenvalue weighted by molar-refractivity contribution is -0.143. The average Bonchev–Trinajstić information content (AvgIpc) is 2.40. The summed E-state index contributed by atoms with van der Waals surface area (Å²) in [4.78, 5) is 24.0. The zero-order valence-corrected chi connectivity index (χ0v) is 13.9. The Morgan fingerprint density at radius 2 is 1.81 bits per heavy atom. The van der Waals surface area contributed by atoms with E-state index in [0.717, 1.165) is 4.90 Å². The van der Waals surface area contributed by atoms with Crippen molar-refractivity contribution in [3.05, 3.63) is 29.3 Å². The minimum atomic E-state index is -0.886. The van der Waals surface area contributed by atoms with Crippen LogP contribution >= 0.6 is 23.4 Å². The number of rotatable bonds is 7. The van der Waals surface area contributed by atoms with Crippen LogP contribution in [0.1, 0.15) is 20.8 Å². The van der Waals surface area contributed by atoms with Crippen LogP contribution < -0.4 is 5.32 Å². The first-order valence-electron chi connectivity index (χ1n) is 6.74. The monoisotopic (exact) mass is 329 g/mol. The van der Waals surface area contributed by atoms with Crippen LogP contribution in [0.4, 0.5) is 0 Å². The fourth-order valence-electron chi connectivity index (χ4n) is 1.73. The summed E-state index contributed by atoms with van der Waals surface area (Å²) in [5.74, 6) is -1.64. The quantitative estimate of drug-likeness (QED) is 0.753. The van der Waals surface area contributed by atoms with E-state index in [1.54, 1.807) is 19.1 Å². The summed E-state index contributed by atoms with van der Waals surface area (Å²) in [5, 5.41) is 12.1. The fourth-order valence-corrected chi connectivity index (χ4v) is 2.75. The Kier molecular flexibility index (Phi) is 7.05. The number of amides is 1. The zero-order valence-electron chi connectivity index (χ0n) is 12.3. The molecule has 116 valence electrons. The molecule has 0 aliphatic heterocycles. The third-order valence-electron chi connectivity index (χ3n) is 3.11. The second kappa shape index (κ2) is 8.29. The van der Waals surface area contributed by atoms with Crippen LogP contribution in [-0.4, -0.2) is 28.8 Å². The molecule has 0 heterocycles. The molecule has 1 aromatic rings. The highest BCUT2D eigenvalue weighted by Gasteiger charge is 2.23. The molecule has 6 heteroatoms. The Balaban J connectivity index is 2.51. The maximum absolute atomic E-state index is 12.0. The predicted molar refractivity (Wildman–Crippen MR) is 85.7 cm³/mol. The van der Waals surface area contributed by atoms with Gasteiger partial charge in [0.15, 0.2) is 0 Å². The van der Waals surface area contributed by atoms with E-state index < -0.39 is 11.9 Å². The van der Waals surface area contributed by atoms with Crippen molar-refractivity contribution in [3.8, 4) is 0 Å². The van der Waals surface area contributed by atoms with E-state index in [0.29, 0.717) is 5.02 Å². The van der Waals surface area contributed by atoms with E-state index in [4.69, 9.17) is 16.7 Å². The number of carbonyl (C=O) groups is 2. The van der Waals surface area contributed by atoms with Gasteiger partial charge < -0.3 is 10.4 Å². The third-order valence-corrected chi connectivity index (χ3v) is 4.48. The molecule has 0 aromatic heterocycles. The Morgan fingerprint density at radius 3 is 2.29 bits per heavy atom. The number of nitrogens with one attached hydrogen (secondary N) is 1. The van der Waals surface area contributed by atoms with Gasteiger partial charge in [0.1, 0.15) is 0 Å². The van der Waals surface area contributed by atoms with Gasteiger partial charge in [0.05, 0.1) is 11.2 Å². The summed E-state index contributed by atoms with van der Waals surface area (Å²) in [5.41, 5.74) is 0. The van der Waals surface area contributed by atoms with Crippen LogP contribution in [0.25, 0.3) is 0 Å². The van der Waals surface area contributed by atoms with E-state index in [9.17, 15) is 9.59 Å². The van der Waals surface area contributed by atoms with Gasteiger partial charge in [-0.3, -0.25) is 9.59 Å².